The Kier molecular flexibility index (Phi) is 6.45. The summed E-state index contributed by atoms with van der Waals surface area (Å²) in [5.41, 5.74) is 3.77. The minimum absolute atomic E-state index is 0.270. The van der Waals surface area contributed by atoms with Crippen molar-refractivity contribution in [1.29, 1.82) is 0 Å². The van der Waals surface area contributed by atoms with E-state index in [1.165, 1.54) is 0 Å². The average Bonchev–Trinajstić information content (AvgIpc) is 2.73. The fourth-order valence-corrected chi connectivity index (χ4v) is 3.59. The predicted molar refractivity (Wildman–Crippen MR) is 126 cm³/mol. The lowest BCUT2D eigenvalue weighted by atomic mass is 10.2. The lowest BCUT2D eigenvalue weighted by Crippen LogP contribution is -2.01. The van der Waals surface area contributed by atoms with E-state index in [1.807, 2.05) is 48.6 Å². The van der Waals surface area contributed by atoms with Crippen LogP contribution in [0.4, 0.5) is 0 Å². The number of hydrogen-bond donors (Lipinski definition) is 0. The summed E-state index contributed by atoms with van der Waals surface area (Å²) in [6.45, 7) is 0.270. The van der Waals surface area contributed by atoms with Crippen LogP contribution >= 0.6 is 46.4 Å². The van der Waals surface area contributed by atoms with Crippen molar-refractivity contribution in [3.8, 4) is 5.88 Å². The van der Waals surface area contributed by atoms with Crippen LogP contribution in [0.15, 0.2) is 60.7 Å². The lowest BCUT2D eigenvalue weighted by molar-refractivity contribution is 0.293. The highest BCUT2D eigenvalue weighted by molar-refractivity contribution is 6.42. The lowest BCUT2D eigenvalue weighted by Gasteiger charge is -2.10. The first-order valence-electron chi connectivity index (χ1n) is 8.96. The molecule has 0 aliphatic heterocycles. The highest BCUT2D eigenvalue weighted by Gasteiger charge is 2.10. The molecule has 0 N–H and O–H groups in total. The van der Waals surface area contributed by atoms with Crippen molar-refractivity contribution in [3.63, 3.8) is 0 Å². The second-order valence-electron chi connectivity index (χ2n) is 6.44. The Bertz CT molecular complexity index is 1260. The molecule has 0 aliphatic rings. The van der Waals surface area contributed by atoms with Crippen LogP contribution in [0.25, 0.3) is 23.2 Å². The van der Waals surface area contributed by atoms with E-state index < -0.39 is 0 Å². The number of halogens is 4. The molecule has 0 amide bonds. The first-order valence-corrected chi connectivity index (χ1v) is 10.5. The van der Waals surface area contributed by atoms with Gasteiger partial charge in [-0.25, -0.2) is 9.97 Å². The molecule has 0 bridgehead atoms. The first kappa shape index (κ1) is 21.0. The molecule has 0 fully saturated rings. The maximum atomic E-state index is 6.27. The normalized spacial score (nSPS) is 11.3. The zero-order valence-electron chi connectivity index (χ0n) is 15.4. The molecule has 7 heteroatoms. The van der Waals surface area contributed by atoms with Gasteiger partial charge in [0.15, 0.2) is 0 Å². The van der Waals surface area contributed by atoms with E-state index in [-0.39, 0.29) is 6.61 Å². The summed E-state index contributed by atoms with van der Waals surface area (Å²) >= 11 is 24.3. The van der Waals surface area contributed by atoms with Gasteiger partial charge in [0.2, 0.25) is 5.88 Å². The predicted octanol–water partition coefficient (Wildman–Crippen LogP) is 7.99. The molecule has 4 rings (SSSR count). The van der Waals surface area contributed by atoms with Gasteiger partial charge in [-0.15, -0.1) is 0 Å². The zero-order chi connectivity index (χ0) is 21.1. The maximum Gasteiger partial charge on any atom is 0.240 e. The van der Waals surface area contributed by atoms with Gasteiger partial charge in [-0.1, -0.05) is 76.7 Å². The van der Waals surface area contributed by atoms with Crippen molar-refractivity contribution in [1.82, 2.24) is 9.97 Å². The van der Waals surface area contributed by atoms with Gasteiger partial charge in [-0.3, -0.25) is 0 Å². The molecule has 0 unspecified atom stereocenters. The number of rotatable bonds is 5. The average molecular weight is 476 g/mol. The van der Waals surface area contributed by atoms with Crippen LogP contribution in [0.3, 0.4) is 0 Å². The van der Waals surface area contributed by atoms with Crippen LogP contribution < -0.4 is 4.74 Å². The summed E-state index contributed by atoms with van der Waals surface area (Å²) in [5, 5.41) is 2.09. The fraction of sp³-hybridized carbons (Fsp3) is 0.0435. The number of hydrogen-bond acceptors (Lipinski definition) is 3. The smallest absolute Gasteiger partial charge is 0.240 e. The first-order chi connectivity index (χ1) is 14.5. The molecule has 3 aromatic carbocycles. The molecular weight excluding hydrogens is 462 g/mol. The molecule has 0 radical (unpaired) electrons. The van der Waals surface area contributed by atoms with Crippen molar-refractivity contribution >= 4 is 69.6 Å². The van der Waals surface area contributed by atoms with Crippen molar-refractivity contribution in [3.05, 3.63) is 97.6 Å². The van der Waals surface area contributed by atoms with Gasteiger partial charge in [-0.2, -0.15) is 0 Å². The topological polar surface area (TPSA) is 35.0 Å². The van der Waals surface area contributed by atoms with Crippen LogP contribution in [-0.2, 0) is 6.61 Å². The Labute approximate surface area is 193 Å². The summed E-state index contributed by atoms with van der Waals surface area (Å²) in [7, 11) is 0. The Balaban J connectivity index is 1.68. The van der Waals surface area contributed by atoms with Crippen molar-refractivity contribution in [2.45, 2.75) is 6.61 Å². The number of aromatic nitrogens is 2. The molecule has 150 valence electrons. The summed E-state index contributed by atoms with van der Waals surface area (Å²) in [4.78, 5) is 9.32. The van der Waals surface area contributed by atoms with E-state index >= 15 is 0 Å². The maximum absolute atomic E-state index is 6.27. The third-order valence-corrected chi connectivity index (χ3v) is 5.61. The van der Waals surface area contributed by atoms with Crippen molar-refractivity contribution < 1.29 is 4.74 Å². The molecular formula is C23H14Cl4N2O. The highest BCUT2D eigenvalue weighted by Crippen LogP contribution is 2.27. The van der Waals surface area contributed by atoms with Gasteiger partial charge in [0.1, 0.15) is 12.3 Å². The van der Waals surface area contributed by atoms with E-state index in [0.29, 0.717) is 31.7 Å². The second-order valence-corrected chi connectivity index (χ2v) is 8.10. The van der Waals surface area contributed by atoms with Crippen LogP contribution in [0.5, 0.6) is 5.88 Å². The van der Waals surface area contributed by atoms with Crippen LogP contribution in [0.2, 0.25) is 20.1 Å². The van der Waals surface area contributed by atoms with Crippen LogP contribution in [-0.4, -0.2) is 9.97 Å². The fourth-order valence-electron chi connectivity index (χ4n) is 2.80. The van der Waals surface area contributed by atoms with Gasteiger partial charge in [0, 0.05) is 10.0 Å². The van der Waals surface area contributed by atoms with E-state index in [9.17, 15) is 0 Å². The number of para-hydroxylation sites is 2. The molecule has 1 aromatic heterocycles. The summed E-state index contributed by atoms with van der Waals surface area (Å²) < 4.78 is 5.98. The quantitative estimate of drug-likeness (QED) is 0.293. The van der Waals surface area contributed by atoms with E-state index in [1.54, 1.807) is 24.3 Å². The molecule has 1 heterocycles. The minimum atomic E-state index is 0.270. The van der Waals surface area contributed by atoms with Gasteiger partial charge < -0.3 is 4.74 Å². The SMILES string of the molecule is Clc1ccc(/C=C/c2nc3ccccc3nc2OCc2ccc(Cl)c(Cl)c2)c(Cl)c1. The Hall–Kier alpha value is -2.30. The highest BCUT2D eigenvalue weighted by atomic mass is 35.5. The van der Waals surface area contributed by atoms with Crippen molar-refractivity contribution in [2.75, 3.05) is 0 Å². The Morgan fingerprint density at radius 3 is 2.23 bits per heavy atom. The number of nitrogens with zero attached hydrogens (tertiary/aromatic N) is 2. The molecule has 0 atom stereocenters. The molecule has 0 saturated carbocycles. The Morgan fingerprint density at radius 1 is 0.733 bits per heavy atom. The van der Waals surface area contributed by atoms with Gasteiger partial charge >= 0.3 is 0 Å². The summed E-state index contributed by atoms with van der Waals surface area (Å²) in [6, 6.07) is 18.3. The third-order valence-electron chi connectivity index (χ3n) is 4.31. The van der Waals surface area contributed by atoms with Crippen LogP contribution in [0, 0.1) is 0 Å². The molecule has 0 spiro atoms. The van der Waals surface area contributed by atoms with E-state index in [4.69, 9.17) is 56.1 Å². The monoisotopic (exact) mass is 474 g/mol. The molecule has 30 heavy (non-hydrogen) atoms. The second kappa shape index (κ2) is 9.23. The van der Waals surface area contributed by atoms with Crippen LogP contribution in [0.1, 0.15) is 16.8 Å². The number of fused-ring (bicyclic) bond motifs is 1. The number of benzene rings is 3. The summed E-state index contributed by atoms with van der Waals surface area (Å²) in [5.74, 6) is 0.404. The van der Waals surface area contributed by atoms with Gasteiger partial charge in [0.05, 0.1) is 21.1 Å². The minimum Gasteiger partial charge on any atom is -0.471 e. The largest absolute Gasteiger partial charge is 0.471 e. The van der Waals surface area contributed by atoms with Gasteiger partial charge in [0.25, 0.3) is 0 Å². The van der Waals surface area contributed by atoms with E-state index in [2.05, 4.69) is 4.98 Å². The Morgan fingerprint density at radius 2 is 1.50 bits per heavy atom. The molecule has 3 nitrogen and oxygen atoms in total. The standard InChI is InChI=1S/C23H14Cl4N2O/c24-16-8-6-15(18(26)12-16)7-10-22-23(29-21-4-2-1-3-20(21)28-22)30-13-14-5-9-17(25)19(27)11-14/h1-12H,13H2/b10-7+. The van der Waals surface area contributed by atoms with Gasteiger partial charge in [-0.05, 0) is 53.6 Å². The van der Waals surface area contributed by atoms with Crippen molar-refractivity contribution in [2.24, 2.45) is 0 Å². The van der Waals surface area contributed by atoms with E-state index in [0.717, 1.165) is 22.2 Å². The third kappa shape index (κ3) is 4.88. The molecule has 0 aliphatic carbocycles. The molecule has 0 saturated heterocycles. The number of ether oxygens (including phenoxy) is 1. The zero-order valence-corrected chi connectivity index (χ0v) is 18.5. The summed E-state index contributed by atoms with van der Waals surface area (Å²) in [6.07, 6.45) is 3.67. The molecule has 4 aromatic rings.